The fraction of sp³-hybridized carbons (Fsp3) is 0.676. The molecule has 0 amide bonds. The van der Waals surface area contributed by atoms with Gasteiger partial charge in [-0.3, -0.25) is 9.59 Å². The van der Waals surface area contributed by atoms with E-state index < -0.39 is 24.3 Å². The van der Waals surface area contributed by atoms with E-state index in [4.69, 9.17) is 18.9 Å². The maximum atomic E-state index is 12.9. The number of esters is 2. The van der Waals surface area contributed by atoms with Gasteiger partial charge in [-0.25, -0.2) is 4.79 Å². The van der Waals surface area contributed by atoms with E-state index in [9.17, 15) is 19.5 Å². The summed E-state index contributed by atoms with van der Waals surface area (Å²) in [4.78, 5) is 37.5. The molecule has 0 aromatic heterocycles. The Kier molecular flexibility index (Phi) is 57.5. The molecule has 0 fully saturated rings. The van der Waals surface area contributed by atoms with Crippen LogP contribution >= 0.6 is 0 Å². The van der Waals surface area contributed by atoms with Crippen molar-refractivity contribution in [2.24, 2.45) is 0 Å². The number of ether oxygens (including phenoxy) is 4. The van der Waals surface area contributed by atoms with Crippen LogP contribution in [-0.4, -0.2) is 87.4 Å². The quantitative estimate of drug-likeness (QED) is 0.0211. The van der Waals surface area contributed by atoms with Gasteiger partial charge in [0, 0.05) is 12.8 Å². The van der Waals surface area contributed by atoms with Crippen molar-refractivity contribution >= 4 is 17.9 Å². The van der Waals surface area contributed by atoms with Gasteiger partial charge in [0.05, 0.1) is 34.4 Å². The minimum Gasteiger partial charge on any atom is -0.477 e. The monoisotopic (exact) mass is 1110 g/mol. The van der Waals surface area contributed by atoms with Crippen LogP contribution in [-0.2, 0) is 33.3 Å². The third-order valence-electron chi connectivity index (χ3n) is 13.5. The first-order valence-electron chi connectivity index (χ1n) is 32.2. The lowest BCUT2D eigenvalue weighted by molar-refractivity contribution is -0.870. The molecular weight excluding hydrogens is 995 g/mol. The predicted molar refractivity (Wildman–Crippen MR) is 341 cm³/mol. The van der Waals surface area contributed by atoms with Crippen molar-refractivity contribution in [3.8, 4) is 0 Å². The molecule has 0 saturated carbocycles. The van der Waals surface area contributed by atoms with Gasteiger partial charge in [0.1, 0.15) is 13.2 Å². The van der Waals surface area contributed by atoms with E-state index in [1.54, 1.807) is 0 Å². The normalized spacial score (nSPS) is 13.6. The molecule has 0 heterocycles. The van der Waals surface area contributed by atoms with Gasteiger partial charge >= 0.3 is 17.9 Å². The summed E-state index contributed by atoms with van der Waals surface area (Å²) in [7, 11) is 5.96. The number of allylic oxidation sites excluding steroid dienone is 20. The fourth-order valence-corrected chi connectivity index (χ4v) is 8.53. The number of hydrogen-bond acceptors (Lipinski definition) is 7. The second-order valence-electron chi connectivity index (χ2n) is 22.3. The molecule has 0 aromatic rings. The predicted octanol–water partition coefficient (Wildman–Crippen LogP) is 19.6. The van der Waals surface area contributed by atoms with Crippen molar-refractivity contribution in [2.75, 3.05) is 47.5 Å². The smallest absolute Gasteiger partial charge is 0.361 e. The van der Waals surface area contributed by atoms with E-state index in [1.165, 1.54) is 96.3 Å². The van der Waals surface area contributed by atoms with Crippen molar-refractivity contribution in [2.45, 2.75) is 264 Å². The number of carbonyl (C=O) groups excluding carboxylic acids is 2. The lowest BCUT2D eigenvalue weighted by atomic mass is 10.0. The molecule has 0 aliphatic heterocycles. The Morgan fingerprint density at radius 1 is 0.388 bits per heavy atom. The van der Waals surface area contributed by atoms with E-state index in [1.807, 2.05) is 21.1 Å². The summed E-state index contributed by atoms with van der Waals surface area (Å²) in [5.41, 5.74) is 0. The maximum Gasteiger partial charge on any atom is 0.361 e. The number of likely N-dealkylation sites (N-methyl/N-ethyl adjacent to an activating group) is 1. The number of quaternary nitrogens is 1. The summed E-state index contributed by atoms with van der Waals surface area (Å²) in [6.45, 7) is 4.75. The molecule has 80 heavy (non-hydrogen) atoms. The van der Waals surface area contributed by atoms with Crippen LogP contribution in [0.3, 0.4) is 0 Å². The molecule has 2 atom stereocenters. The van der Waals surface area contributed by atoms with Gasteiger partial charge in [-0.15, -0.1) is 0 Å². The average Bonchev–Trinajstić information content (AvgIpc) is 3.43. The highest BCUT2D eigenvalue weighted by atomic mass is 16.7. The minimum absolute atomic E-state index is 0.181. The summed E-state index contributed by atoms with van der Waals surface area (Å²) in [5.74, 6) is -2.02. The van der Waals surface area contributed by atoms with E-state index in [0.29, 0.717) is 17.4 Å². The van der Waals surface area contributed by atoms with Gasteiger partial charge in [-0.05, 0) is 109 Å². The topological polar surface area (TPSA) is 108 Å². The molecule has 0 aliphatic rings. The number of carbonyl (C=O) groups is 3. The van der Waals surface area contributed by atoms with Crippen LogP contribution in [0.15, 0.2) is 122 Å². The number of carboxylic acids is 1. The number of nitrogens with zero attached hydrogens (tertiary/aromatic N) is 1. The molecular formula is C71H120NO8+. The van der Waals surface area contributed by atoms with Crippen LogP contribution in [0.5, 0.6) is 0 Å². The van der Waals surface area contributed by atoms with Crippen molar-refractivity contribution in [3.05, 3.63) is 122 Å². The Balaban J connectivity index is 4.14. The van der Waals surface area contributed by atoms with E-state index in [2.05, 4.69) is 135 Å². The van der Waals surface area contributed by atoms with E-state index >= 15 is 0 Å². The van der Waals surface area contributed by atoms with Crippen LogP contribution in [0.4, 0.5) is 0 Å². The third kappa shape index (κ3) is 61.3. The molecule has 9 nitrogen and oxygen atoms in total. The van der Waals surface area contributed by atoms with Crippen molar-refractivity contribution in [1.29, 1.82) is 0 Å². The van der Waals surface area contributed by atoms with Crippen molar-refractivity contribution in [3.63, 3.8) is 0 Å². The zero-order chi connectivity index (χ0) is 58.3. The number of carboxylic acid groups (broad SMARTS) is 1. The highest BCUT2D eigenvalue weighted by Gasteiger charge is 2.25. The Morgan fingerprint density at radius 2 is 0.713 bits per heavy atom. The summed E-state index contributed by atoms with van der Waals surface area (Å²) in [6.07, 6.45) is 82.9. The standard InChI is InChI=1S/C71H119NO8/c1-6-8-10-12-14-16-18-20-22-24-25-26-27-28-29-30-31-32-33-34-35-36-37-38-39-40-41-42-43-44-45-46-48-50-52-54-56-58-60-62-69(74)80-67(66-79-71(70(75)76)77-64-63-72(3,4)5)65-78-68(73)61-59-57-55-53-51-49-47-23-21-19-17-15-13-11-9-7-2/h8,10,14,16,20,22-23,25-26,28-29,31-32,34-35,37-38,40-41,47,67,71H,6-7,9,11-13,15,17-19,21,24,27,30,33,36,39,42-46,48-66H2,1-5H3/p+1/b10-8-,16-14-,22-20-,26-25-,29-28-,32-31-,35-34-,38-37-,41-40-,47-23-. The molecule has 1 N–H and O–H groups in total. The molecule has 9 heteroatoms. The Morgan fingerprint density at radius 3 is 1.07 bits per heavy atom. The van der Waals surface area contributed by atoms with Crippen molar-refractivity contribution in [1.82, 2.24) is 0 Å². The molecule has 0 aliphatic carbocycles. The first kappa shape index (κ1) is 75.7. The molecule has 0 saturated heterocycles. The molecule has 0 rings (SSSR count). The van der Waals surface area contributed by atoms with Gasteiger partial charge in [0.15, 0.2) is 6.10 Å². The Bertz CT molecular complexity index is 1730. The Hall–Kier alpha value is -4.31. The second-order valence-corrected chi connectivity index (χ2v) is 22.3. The lowest BCUT2D eigenvalue weighted by Gasteiger charge is -2.25. The largest absolute Gasteiger partial charge is 0.477 e. The maximum absolute atomic E-state index is 12.9. The van der Waals surface area contributed by atoms with E-state index in [-0.39, 0.29) is 38.6 Å². The van der Waals surface area contributed by atoms with Gasteiger partial charge < -0.3 is 28.5 Å². The number of rotatable bonds is 58. The molecule has 2 unspecified atom stereocenters. The van der Waals surface area contributed by atoms with Gasteiger partial charge in [-0.1, -0.05) is 251 Å². The van der Waals surface area contributed by atoms with Crippen molar-refractivity contribution < 1.29 is 42.9 Å². The average molecular weight is 1120 g/mol. The summed E-state index contributed by atoms with van der Waals surface area (Å²) < 4.78 is 22.9. The summed E-state index contributed by atoms with van der Waals surface area (Å²) >= 11 is 0. The van der Waals surface area contributed by atoms with E-state index in [0.717, 1.165) is 122 Å². The molecule has 0 aromatic carbocycles. The molecule has 456 valence electrons. The lowest BCUT2D eigenvalue weighted by Crippen LogP contribution is -2.40. The number of aliphatic carboxylic acids is 1. The van der Waals surface area contributed by atoms with Gasteiger partial charge in [0.2, 0.25) is 0 Å². The first-order chi connectivity index (χ1) is 39.1. The number of unbranched alkanes of at least 4 members (excludes halogenated alkanes) is 23. The SMILES string of the molecule is CC/C=C\C/C=C\C/C=C\C/C=C\C/C=C\C/C=C\C/C=C\C/C=C\C/C=C\CCCCCCCCCCCCCC(=O)OC(COC(=O)CCCCCCC/C=C\CCCCCCCCC)COC(OCC[N+](C)(C)C)C(=O)O. The molecule has 0 radical (unpaired) electrons. The molecule has 0 spiro atoms. The van der Waals surface area contributed by atoms with Crippen LogP contribution in [0, 0.1) is 0 Å². The zero-order valence-electron chi connectivity index (χ0n) is 51.9. The van der Waals surface area contributed by atoms with Gasteiger partial charge in [-0.2, -0.15) is 0 Å². The highest BCUT2D eigenvalue weighted by molar-refractivity contribution is 5.71. The van der Waals surface area contributed by atoms with Gasteiger partial charge in [0.25, 0.3) is 6.29 Å². The first-order valence-corrected chi connectivity index (χ1v) is 32.2. The third-order valence-corrected chi connectivity index (χ3v) is 13.5. The van der Waals surface area contributed by atoms with Crippen LogP contribution in [0.1, 0.15) is 251 Å². The highest BCUT2D eigenvalue weighted by Crippen LogP contribution is 2.15. The zero-order valence-corrected chi connectivity index (χ0v) is 51.9. The van der Waals surface area contributed by atoms with Crippen LogP contribution in [0.2, 0.25) is 0 Å². The van der Waals surface area contributed by atoms with Crippen LogP contribution < -0.4 is 0 Å². The molecule has 0 bridgehead atoms. The van der Waals surface area contributed by atoms with Crippen LogP contribution in [0.25, 0.3) is 0 Å². The Labute approximate surface area is 491 Å². The minimum atomic E-state index is -1.52. The summed E-state index contributed by atoms with van der Waals surface area (Å²) in [6, 6.07) is 0. The fourth-order valence-electron chi connectivity index (χ4n) is 8.53. The number of hydrogen-bond donors (Lipinski definition) is 1. The summed E-state index contributed by atoms with van der Waals surface area (Å²) in [5, 5.41) is 9.71. The second kappa shape index (κ2) is 60.8.